The van der Waals surface area contributed by atoms with Crippen molar-refractivity contribution in [3.8, 4) is 5.75 Å². The Labute approximate surface area is 98.4 Å². The van der Waals surface area contributed by atoms with Crippen LogP contribution in [0, 0.1) is 0 Å². The number of benzene rings is 1. The van der Waals surface area contributed by atoms with E-state index in [4.69, 9.17) is 4.74 Å². The molecule has 0 aliphatic carbocycles. The van der Waals surface area contributed by atoms with Crippen molar-refractivity contribution in [1.82, 2.24) is 4.90 Å². The third-order valence-electron chi connectivity index (χ3n) is 2.55. The van der Waals surface area contributed by atoms with Crippen LogP contribution in [0.2, 0.25) is 0 Å². The number of hydrogen-bond acceptors (Lipinski definition) is 3. The summed E-state index contributed by atoms with van der Waals surface area (Å²) >= 11 is 0. The highest BCUT2D eigenvalue weighted by molar-refractivity contribution is 5.58. The zero-order valence-corrected chi connectivity index (χ0v) is 10.7. The van der Waals surface area contributed by atoms with Crippen molar-refractivity contribution >= 4 is 5.69 Å². The highest BCUT2D eigenvalue weighted by Crippen LogP contribution is 2.25. The van der Waals surface area contributed by atoms with E-state index in [1.54, 1.807) is 7.11 Å². The van der Waals surface area contributed by atoms with Gasteiger partial charge in [0.15, 0.2) is 0 Å². The molecular formula is C13H22N2O. The zero-order valence-electron chi connectivity index (χ0n) is 10.7. The van der Waals surface area contributed by atoms with E-state index < -0.39 is 0 Å². The number of rotatable bonds is 6. The van der Waals surface area contributed by atoms with Crippen molar-refractivity contribution in [2.24, 2.45) is 0 Å². The van der Waals surface area contributed by atoms with Gasteiger partial charge in [-0.2, -0.15) is 0 Å². The van der Waals surface area contributed by atoms with Gasteiger partial charge in [-0.25, -0.2) is 0 Å². The molecule has 1 rings (SSSR count). The van der Waals surface area contributed by atoms with Gasteiger partial charge in [0.05, 0.1) is 12.8 Å². The lowest BCUT2D eigenvalue weighted by molar-refractivity contribution is 0.413. The Morgan fingerprint density at radius 3 is 2.62 bits per heavy atom. The van der Waals surface area contributed by atoms with Crippen LogP contribution in [-0.2, 0) is 6.42 Å². The predicted octanol–water partition coefficient (Wildman–Crippen LogP) is 2.23. The Morgan fingerprint density at radius 2 is 2.06 bits per heavy atom. The molecule has 0 unspecified atom stereocenters. The molecular weight excluding hydrogens is 200 g/mol. The van der Waals surface area contributed by atoms with Crippen LogP contribution < -0.4 is 10.1 Å². The molecule has 1 aromatic rings. The fourth-order valence-corrected chi connectivity index (χ4v) is 1.53. The number of ether oxygens (including phenoxy) is 1. The molecule has 3 nitrogen and oxygen atoms in total. The Morgan fingerprint density at radius 1 is 1.31 bits per heavy atom. The molecule has 0 heterocycles. The van der Waals surface area contributed by atoms with Gasteiger partial charge in [-0.3, -0.25) is 0 Å². The van der Waals surface area contributed by atoms with E-state index in [2.05, 4.69) is 43.4 Å². The van der Waals surface area contributed by atoms with Crippen LogP contribution in [0.3, 0.4) is 0 Å². The first-order valence-electron chi connectivity index (χ1n) is 5.73. The van der Waals surface area contributed by atoms with Crippen molar-refractivity contribution in [3.63, 3.8) is 0 Å². The van der Waals surface area contributed by atoms with Crippen LogP contribution in [0.25, 0.3) is 0 Å². The Hall–Kier alpha value is -1.22. The van der Waals surface area contributed by atoms with Crippen molar-refractivity contribution in [2.75, 3.05) is 39.6 Å². The Kier molecular flexibility index (Phi) is 5.12. The first-order chi connectivity index (χ1) is 7.67. The fraction of sp³-hybridized carbons (Fsp3) is 0.538. The maximum Gasteiger partial charge on any atom is 0.141 e. The predicted molar refractivity (Wildman–Crippen MR) is 69.4 cm³/mol. The minimum Gasteiger partial charge on any atom is -0.495 e. The molecule has 0 aromatic heterocycles. The van der Waals surface area contributed by atoms with Gasteiger partial charge in [0.1, 0.15) is 5.75 Å². The van der Waals surface area contributed by atoms with Crippen LogP contribution in [0.1, 0.15) is 12.5 Å². The summed E-state index contributed by atoms with van der Waals surface area (Å²) in [6.07, 6.45) is 1.05. The summed E-state index contributed by atoms with van der Waals surface area (Å²) in [4.78, 5) is 2.16. The van der Waals surface area contributed by atoms with Gasteiger partial charge in [0.25, 0.3) is 0 Å². The summed E-state index contributed by atoms with van der Waals surface area (Å²) in [6.45, 7) is 4.10. The minimum atomic E-state index is 0.913. The lowest BCUT2D eigenvalue weighted by Crippen LogP contribution is -2.21. The van der Waals surface area contributed by atoms with Crippen LogP contribution in [0.5, 0.6) is 5.75 Å². The van der Waals surface area contributed by atoms with Gasteiger partial charge in [-0.1, -0.05) is 13.0 Å². The molecule has 0 fully saturated rings. The molecule has 0 aliphatic rings. The van der Waals surface area contributed by atoms with Crippen LogP contribution in [-0.4, -0.2) is 39.2 Å². The molecule has 3 heteroatoms. The van der Waals surface area contributed by atoms with Gasteiger partial charge < -0.3 is 15.0 Å². The number of likely N-dealkylation sites (N-methyl/N-ethyl adjacent to an activating group) is 1. The lowest BCUT2D eigenvalue weighted by Gasteiger charge is -2.14. The average molecular weight is 222 g/mol. The number of hydrogen-bond donors (Lipinski definition) is 1. The number of nitrogens with zero attached hydrogens (tertiary/aromatic N) is 1. The molecule has 1 N–H and O–H groups in total. The first kappa shape index (κ1) is 12.8. The van der Waals surface area contributed by atoms with Gasteiger partial charge in [-0.05, 0) is 38.2 Å². The Bertz CT molecular complexity index is 324. The topological polar surface area (TPSA) is 24.5 Å². The molecule has 90 valence electrons. The third kappa shape index (κ3) is 3.74. The molecule has 0 saturated heterocycles. The van der Waals surface area contributed by atoms with Crippen LogP contribution in [0.15, 0.2) is 18.2 Å². The monoisotopic (exact) mass is 222 g/mol. The van der Waals surface area contributed by atoms with E-state index in [1.165, 1.54) is 5.56 Å². The average Bonchev–Trinajstić information content (AvgIpc) is 2.28. The summed E-state index contributed by atoms with van der Waals surface area (Å²) < 4.78 is 5.33. The molecule has 0 radical (unpaired) electrons. The van der Waals surface area contributed by atoms with Gasteiger partial charge >= 0.3 is 0 Å². The van der Waals surface area contributed by atoms with Gasteiger partial charge in [-0.15, -0.1) is 0 Å². The van der Waals surface area contributed by atoms with Crippen molar-refractivity contribution in [1.29, 1.82) is 0 Å². The minimum absolute atomic E-state index is 0.913. The molecule has 0 bridgehead atoms. The van der Waals surface area contributed by atoms with E-state index in [0.717, 1.165) is 30.9 Å². The second kappa shape index (κ2) is 6.38. The summed E-state index contributed by atoms with van der Waals surface area (Å²) in [5.41, 5.74) is 2.41. The molecule has 0 saturated carbocycles. The summed E-state index contributed by atoms with van der Waals surface area (Å²) in [5, 5.41) is 3.40. The number of nitrogens with one attached hydrogen (secondary N) is 1. The summed E-state index contributed by atoms with van der Waals surface area (Å²) in [5.74, 6) is 0.913. The molecule has 16 heavy (non-hydrogen) atoms. The quantitative estimate of drug-likeness (QED) is 0.799. The normalized spacial score (nSPS) is 10.6. The number of methoxy groups -OCH3 is 1. The third-order valence-corrected chi connectivity index (χ3v) is 2.55. The van der Waals surface area contributed by atoms with Gasteiger partial charge in [0.2, 0.25) is 0 Å². The molecule has 0 amide bonds. The van der Waals surface area contributed by atoms with Gasteiger partial charge in [0, 0.05) is 13.1 Å². The smallest absolute Gasteiger partial charge is 0.141 e. The first-order valence-corrected chi connectivity index (χ1v) is 5.73. The van der Waals surface area contributed by atoms with Crippen molar-refractivity contribution in [2.45, 2.75) is 13.3 Å². The van der Waals surface area contributed by atoms with Crippen LogP contribution in [0.4, 0.5) is 5.69 Å². The maximum absolute atomic E-state index is 5.33. The van der Waals surface area contributed by atoms with Crippen molar-refractivity contribution < 1.29 is 4.74 Å². The molecule has 1 aromatic carbocycles. The number of aryl methyl sites for hydroxylation is 1. The van der Waals surface area contributed by atoms with E-state index in [-0.39, 0.29) is 0 Å². The van der Waals surface area contributed by atoms with Crippen LogP contribution >= 0.6 is 0 Å². The SMILES string of the molecule is CCc1ccc(OC)c(NCCN(C)C)c1. The molecule has 0 atom stereocenters. The largest absolute Gasteiger partial charge is 0.495 e. The number of anilines is 1. The fourth-order valence-electron chi connectivity index (χ4n) is 1.53. The van der Waals surface area contributed by atoms with Crippen molar-refractivity contribution in [3.05, 3.63) is 23.8 Å². The van der Waals surface area contributed by atoms with E-state index in [9.17, 15) is 0 Å². The van der Waals surface area contributed by atoms with E-state index in [0.29, 0.717) is 0 Å². The Balaban J connectivity index is 2.67. The van der Waals surface area contributed by atoms with E-state index in [1.807, 2.05) is 6.07 Å². The second-order valence-corrected chi connectivity index (χ2v) is 4.12. The van der Waals surface area contributed by atoms with E-state index >= 15 is 0 Å². The summed E-state index contributed by atoms with van der Waals surface area (Å²) in [6, 6.07) is 6.29. The lowest BCUT2D eigenvalue weighted by atomic mass is 10.1. The molecule has 0 spiro atoms. The maximum atomic E-state index is 5.33. The highest BCUT2D eigenvalue weighted by atomic mass is 16.5. The second-order valence-electron chi connectivity index (χ2n) is 4.12. The standard InChI is InChI=1S/C13H22N2O/c1-5-11-6-7-13(16-4)12(10-11)14-8-9-15(2)3/h6-7,10,14H,5,8-9H2,1-4H3. The summed E-state index contributed by atoms with van der Waals surface area (Å²) in [7, 11) is 5.85. The zero-order chi connectivity index (χ0) is 12.0. The highest BCUT2D eigenvalue weighted by Gasteiger charge is 2.03. The molecule has 0 aliphatic heterocycles.